The molecule has 0 saturated carbocycles. The van der Waals surface area contributed by atoms with Crippen molar-refractivity contribution in [3.63, 3.8) is 0 Å². The van der Waals surface area contributed by atoms with E-state index in [2.05, 4.69) is 136 Å². The fourth-order valence-corrected chi connectivity index (χ4v) is 7.37. The molecule has 0 amide bonds. The highest BCUT2D eigenvalue weighted by Gasteiger charge is 2.17. The number of allylic oxidation sites excluding steroid dienone is 20. The summed E-state index contributed by atoms with van der Waals surface area (Å²) in [6.45, 7) is 7.48. The monoisotopic (exact) mass is 941 g/mol. The first-order chi connectivity index (χ1) is 33.6. The van der Waals surface area contributed by atoms with Gasteiger partial charge in [-0.3, -0.25) is 9.59 Å². The standard InChI is InChI=1S/C63H104O5/c1-4-7-10-13-16-19-22-25-27-29-31-33-35-37-40-43-46-49-52-55-58-66-59-61(68-63(65)57-54-51-48-45-42-38-24-21-18-15-12-9-6-3)60-67-62(64)56-53-50-47-44-41-39-36-34-32-30-28-26-23-20-17-14-11-8-5-2/h8-9,11-12,17-18,20-21,25-28,32,34,38-39,41-42,48,51,61H,4-7,10,13-16,19,22-24,29-31,33,35-37,40,43-47,49-50,52-60H2,1-3H3/b11-8-,12-9-,20-17-,21-18-,27-25-,28-26-,34-32-,41-39-,42-38-,51-48-. The Bertz CT molecular complexity index is 1390. The van der Waals surface area contributed by atoms with Crippen molar-refractivity contribution in [1.29, 1.82) is 0 Å². The molecular weight excluding hydrogens is 837 g/mol. The van der Waals surface area contributed by atoms with Crippen LogP contribution >= 0.6 is 0 Å². The molecule has 1 atom stereocenters. The Balaban J connectivity index is 4.38. The predicted octanol–water partition coefficient (Wildman–Crippen LogP) is 19.3. The van der Waals surface area contributed by atoms with Gasteiger partial charge >= 0.3 is 11.9 Å². The maximum absolute atomic E-state index is 12.8. The smallest absolute Gasteiger partial charge is 0.306 e. The molecule has 386 valence electrons. The van der Waals surface area contributed by atoms with E-state index in [0.29, 0.717) is 19.4 Å². The number of carbonyl (C=O) groups is 2. The van der Waals surface area contributed by atoms with Crippen molar-refractivity contribution in [1.82, 2.24) is 0 Å². The molecule has 0 bridgehead atoms. The molecule has 0 aromatic heterocycles. The van der Waals surface area contributed by atoms with Gasteiger partial charge in [0.05, 0.1) is 6.61 Å². The van der Waals surface area contributed by atoms with Gasteiger partial charge in [-0.25, -0.2) is 0 Å². The summed E-state index contributed by atoms with van der Waals surface area (Å²) >= 11 is 0. The summed E-state index contributed by atoms with van der Waals surface area (Å²) in [4.78, 5) is 25.4. The van der Waals surface area contributed by atoms with Crippen LogP contribution in [0.15, 0.2) is 122 Å². The van der Waals surface area contributed by atoms with Gasteiger partial charge in [0.1, 0.15) is 6.61 Å². The Hall–Kier alpha value is -3.70. The summed E-state index contributed by atoms with van der Waals surface area (Å²) in [5.41, 5.74) is 0. The van der Waals surface area contributed by atoms with E-state index in [0.717, 1.165) is 96.3 Å². The first-order valence-electron chi connectivity index (χ1n) is 28.1. The lowest BCUT2D eigenvalue weighted by atomic mass is 10.1. The molecule has 0 saturated heterocycles. The number of hydrogen-bond acceptors (Lipinski definition) is 5. The second-order valence-electron chi connectivity index (χ2n) is 18.1. The van der Waals surface area contributed by atoms with Gasteiger partial charge in [0.2, 0.25) is 0 Å². The zero-order valence-electron chi connectivity index (χ0n) is 44.3. The second-order valence-corrected chi connectivity index (χ2v) is 18.1. The van der Waals surface area contributed by atoms with Gasteiger partial charge < -0.3 is 14.2 Å². The van der Waals surface area contributed by atoms with Crippen molar-refractivity contribution in [3.8, 4) is 0 Å². The van der Waals surface area contributed by atoms with Crippen LogP contribution in [0.3, 0.4) is 0 Å². The number of carbonyl (C=O) groups excluding carboxylic acids is 2. The lowest BCUT2D eigenvalue weighted by Gasteiger charge is -2.18. The molecule has 0 rings (SSSR count). The van der Waals surface area contributed by atoms with Crippen LogP contribution in [-0.4, -0.2) is 37.9 Å². The summed E-state index contributed by atoms with van der Waals surface area (Å²) in [6.07, 6.45) is 80.9. The minimum Gasteiger partial charge on any atom is -0.462 e. The highest BCUT2D eigenvalue weighted by atomic mass is 16.6. The van der Waals surface area contributed by atoms with Crippen molar-refractivity contribution in [3.05, 3.63) is 122 Å². The fourth-order valence-electron chi connectivity index (χ4n) is 7.37. The van der Waals surface area contributed by atoms with Crippen LogP contribution < -0.4 is 0 Å². The number of hydrogen-bond donors (Lipinski definition) is 0. The summed E-state index contributed by atoms with van der Waals surface area (Å²) in [5, 5.41) is 0. The van der Waals surface area contributed by atoms with Gasteiger partial charge in [-0.15, -0.1) is 0 Å². The molecule has 0 heterocycles. The van der Waals surface area contributed by atoms with Gasteiger partial charge in [0.15, 0.2) is 6.10 Å². The predicted molar refractivity (Wildman–Crippen MR) is 297 cm³/mol. The minimum atomic E-state index is -0.597. The third-order valence-corrected chi connectivity index (χ3v) is 11.5. The molecular formula is C63H104O5. The normalized spacial score (nSPS) is 13.2. The van der Waals surface area contributed by atoms with Gasteiger partial charge in [0, 0.05) is 19.4 Å². The molecule has 0 aromatic carbocycles. The molecule has 1 unspecified atom stereocenters. The van der Waals surface area contributed by atoms with Crippen LogP contribution in [0, 0.1) is 0 Å². The average molecular weight is 942 g/mol. The molecule has 0 aliphatic rings. The molecule has 68 heavy (non-hydrogen) atoms. The van der Waals surface area contributed by atoms with Gasteiger partial charge in [-0.05, 0) is 116 Å². The third-order valence-electron chi connectivity index (χ3n) is 11.5. The Morgan fingerprint density at radius 3 is 1.13 bits per heavy atom. The van der Waals surface area contributed by atoms with E-state index in [1.54, 1.807) is 0 Å². The fraction of sp³-hybridized carbons (Fsp3) is 0.651. The highest BCUT2D eigenvalue weighted by molar-refractivity contribution is 5.70. The van der Waals surface area contributed by atoms with E-state index in [1.807, 2.05) is 6.08 Å². The van der Waals surface area contributed by atoms with E-state index in [4.69, 9.17) is 14.2 Å². The van der Waals surface area contributed by atoms with Crippen LogP contribution in [0.5, 0.6) is 0 Å². The number of ether oxygens (including phenoxy) is 3. The maximum Gasteiger partial charge on any atom is 0.306 e. The molecule has 0 spiro atoms. The maximum atomic E-state index is 12.8. The van der Waals surface area contributed by atoms with Crippen LogP contribution in [0.1, 0.15) is 239 Å². The zero-order chi connectivity index (χ0) is 49.2. The Labute approximate surface area is 420 Å². The SMILES string of the molecule is CC/C=C\C/C=C\C/C=C\C/C=C\C/C=C\CCCCCC(=O)OCC(COCCCCCCCCCCCC/C=C\CCCCCCCC)OC(=O)CC/C=C\C/C=C\C/C=C\C/C=C\CC. The molecule has 0 radical (unpaired) electrons. The largest absolute Gasteiger partial charge is 0.462 e. The number of esters is 2. The second kappa shape index (κ2) is 57.6. The summed E-state index contributed by atoms with van der Waals surface area (Å²) in [5.74, 6) is -0.533. The summed E-state index contributed by atoms with van der Waals surface area (Å²) < 4.78 is 17.3. The van der Waals surface area contributed by atoms with Crippen LogP contribution in [0.4, 0.5) is 0 Å². The Kier molecular flexibility index (Phi) is 54.5. The van der Waals surface area contributed by atoms with Crippen molar-refractivity contribution >= 4 is 11.9 Å². The van der Waals surface area contributed by atoms with E-state index < -0.39 is 6.10 Å². The molecule has 5 nitrogen and oxygen atoms in total. The Morgan fingerprint density at radius 2 is 0.691 bits per heavy atom. The molecule has 0 fully saturated rings. The minimum absolute atomic E-state index is 0.0323. The first-order valence-corrected chi connectivity index (χ1v) is 28.1. The van der Waals surface area contributed by atoms with E-state index in [9.17, 15) is 9.59 Å². The summed E-state index contributed by atoms with van der Waals surface area (Å²) in [7, 11) is 0. The molecule has 5 heteroatoms. The van der Waals surface area contributed by atoms with Crippen LogP contribution in [0.2, 0.25) is 0 Å². The molecule has 0 N–H and O–H groups in total. The summed E-state index contributed by atoms with van der Waals surface area (Å²) in [6, 6.07) is 0. The molecule has 0 aromatic rings. The lowest BCUT2D eigenvalue weighted by Crippen LogP contribution is -2.30. The highest BCUT2D eigenvalue weighted by Crippen LogP contribution is 2.13. The van der Waals surface area contributed by atoms with E-state index in [1.165, 1.54) is 103 Å². The van der Waals surface area contributed by atoms with Gasteiger partial charge in [-0.2, -0.15) is 0 Å². The zero-order valence-corrected chi connectivity index (χ0v) is 44.3. The quantitative estimate of drug-likeness (QED) is 0.0345. The topological polar surface area (TPSA) is 61.8 Å². The van der Waals surface area contributed by atoms with Crippen LogP contribution in [0.25, 0.3) is 0 Å². The van der Waals surface area contributed by atoms with Crippen molar-refractivity contribution < 1.29 is 23.8 Å². The van der Waals surface area contributed by atoms with Crippen molar-refractivity contribution in [2.45, 2.75) is 245 Å². The number of rotatable bonds is 50. The Morgan fingerprint density at radius 1 is 0.338 bits per heavy atom. The lowest BCUT2D eigenvalue weighted by molar-refractivity contribution is -0.162. The van der Waals surface area contributed by atoms with Gasteiger partial charge in [-0.1, -0.05) is 232 Å². The molecule has 0 aliphatic heterocycles. The van der Waals surface area contributed by atoms with Crippen molar-refractivity contribution in [2.24, 2.45) is 0 Å². The van der Waals surface area contributed by atoms with Crippen LogP contribution in [-0.2, 0) is 23.8 Å². The van der Waals surface area contributed by atoms with Crippen molar-refractivity contribution in [2.75, 3.05) is 19.8 Å². The average Bonchev–Trinajstić information content (AvgIpc) is 3.34. The molecule has 0 aliphatic carbocycles. The van der Waals surface area contributed by atoms with E-state index in [-0.39, 0.29) is 31.6 Å². The first kappa shape index (κ1) is 64.3. The van der Waals surface area contributed by atoms with Gasteiger partial charge in [0.25, 0.3) is 0 Å². The van der Waals surface area contributed by atoms with E-state index >= 15 is 0 Å². The third kappa shape index (κ3) is 54.9. The number of unbranched alkanes of at least 4 members (excludes halogenated alkanes) is 19.